The van der Waals surface area contributed by atoms with Crippen LogP contribution in [-0.2, 0) is 34.5 Å². The van der Waals surface area contributed by atoms with Gasteiger partial charge in [-0.3, -0.25) is 9.59 Å². The van der Waals surface area contributed by atoms with Crippen molar-refractivity contribution in [3.63, 3.8) is 0 Å². The minimum atomic E-state index is -1.26. The molecular formula is C28H27N3O3. The summed E-state index contributed by atoms with van der Waals surface area (Å²) in [6.07, 6.45) is 1.06. The van der Waals surface area contributed by atoms with Crippen LogP contribution in [0.1, 0.15) is 29.2 Å². The van der Waals surface area contributed by atoms with Crippen molar-refractivity contribution >= 4 is 17.8 Å². The number of carbonyl (C=O) groups is 3. The van der Waals surface area contributed by atoms with Crippen molar-refractivity contribution < 1.29 is 14.4 Å². The maximum absolute atomic E-state index is 13.9. The first-order valence-electron chi connectivity index (χ1n) is 11.6. The van der Waals surface area contributed by atoms with Crippen LogP contribution in [0.25, 0.3) is 0 Å². The van der Waals surface area contributed by atoms with Gasteiger partial charge in [0.05, 0.1) is 0 Å². The van der Waals surface area contributed by atoms with Crippen molar-refractivity contribution in [1.29, 1.82) is 0 Å². The largest absolute Gasteiger partial charge is 0.336 e. The van der Waals surface area contributed by atoms with E-state index in [-0.39, 0.29) is 5.91 Å². The lowest BCUT2D eigenvalue weighted by Crippen LogP contribution is -2.52. The van der Waals surface area contributed by atoms with Gasteiger partial charge in [-0.2, -0.15) is 0 Å². The van der Waals surface area contributed by atoms with E-state index in [0.29, 0.717) is 25.1 Å². The molecule has 2 aliphatic heterocycles. The highest BCUT2D eigenvalue weighted by molar-refractivity contribution is 6.10. The fraction of sp³-hybridized carbons (Fsp3) is 0.250. The van der Waals surface area contributed by atoms with Gasteiger partial charge in [0.15, 0.2) is 5.54 Å². The molecule has 0 radical (unpaired) electrons. The van der Waals surface area contributed by atoms with E-state index in [4.69, 9.17) is 0 Å². The molecule has 1 fully saturated rings. The van der Waals surface area contributed by atoms with E-state index in [0.717, 1.165) is 22.4 Å². The van der Waals surface area contributed by atoms with Crippen molar-refractivity contribution in [2.75, 3.05) is 6.54 Å². The Morgan fingerprint density at radius 1 is 0.912 bits per heavy atom. The van der Waals surface area contributed by atoms with Crippen molar-refractivity contribution in [2.24, 2.45) is 0 Å². The first-order valence-corrected chi connectivity index (χ1v) is 11.6. The molecule has 5 rings (SSSR count). The standard InChI is InChI=1S/C28H27N3O3/c1-20(25(32)30-17-16-22-12-8-9-13-23(22)19-30)31-26(33)28(29-27(31)34,24-14-6-3-7-15-24)18-21-10-4-2-5-11-21/h2-15,20H,16-19H2,1H3,(H,29,34). The molecule has 2 aliphatic rings. The summed E-state index contributed by atoms with van der Waals surface area (Å²) >= 11 is 0. The second kappa shape index (κ2) is 8.78. The zero-order chi connectivity index (χ0) is 23.7. The monoisotopic (exact) mass is 453 g/mol. The van der Waals surface area contributed by atoms with Gasteiger partial charge in [0.2, 0.25) is 5.91 Å². The van der Waals surface area contributed by atoms with Crippen LogP contribution >= 0.6 is 0 Å². The zero-order valence-corrected chi connectivity index (χ0v) is 19.1. The van der Waals surface area contributed by atoms with Gasteiger partial charge in [0, 0.05) is 19.5 Å². The first-order chi connectivity index (χ1) is 16.5. The van der Waals surface area contributed by atoms with Crippen molar-refractivity contribution in [3.05, 3.63) is 107 Å². The topological polar surface area (TPSA) is 69.7 Å². The predicted molar refractivity (Wildman–Crippen MR) is 129 cm³/mol. The second-order valence-corrected chi connectivity index (χ2v) is 8.99. The van der Waals surface area contributed by atoms with Crippen LogP contribution in [0.3, 0.4) is 0 Å². The number of hydrogen-bond acceptors (Lipinski definition) is 3. The molecule has 172 valence electrons. The normalized spacial score (nSPS) is 20.6. The lowest BCUT2D eigenvalue weighted by Gasteiger charge is -2.33. The van der Waals surface area contributed by atoms with Gasteiger partial charge in [-0.05, 0) is 35.6 Å². The summed E-state index contributed by atoms with van der Waals surface area (Å²) in [6.45, 7) is 2.69. The SMILES string of the molecule is CC(C(=O)N1CCc2ccccc2C1)N1C(=O)NC(Cc2ccccc2)(c2ccccc2)C1=O. The van der Waals surface area contributed by atoms with Gasteiger partial charge >= 0.3 is 6.03 Å². The van der Waals surface area contributed by atoms with E-state index in [1.807, 2.05) is 78.9 Å². The van der Waals surface area contributed by atoms with Gasteiger partial charge in [0.1, 0.15) is 6.04 Å². The molecular weight excluding hydrogens is 426 g/mol. The average Bonchev–Trinajstić information content (AvgIpc) is 3.13. The van der Waals surface area contributed by atoms with Gasteiger partial charge in [-0.25, -0.2) is 9.69 Å². The summed E-state index contributed by atoms with van der Waals surface area (Å²) in [5.74, 6) is -0.618. The molecule has 6 heteroatoms. The molecule has 34 heavy (non-hydrogen) atoms. The Morgan fingerprint density at radius 2 is 1.53 bits per heavy atom. The molecule has 0 saturated carbocycles. The number of imide groups is 1. The molecule has 1 saturated heterocycles. The minimum Gasteiger partial charge on any atom is -0.336 e. The molecule has 2 heterocycles. The van der Waals surface area contributed by atoms with Crippen LogP contribution in [0.5, 0.6) is 0 Å². The molecule has 0 aliphatic carbocycles. The average molecular weight is 454 g/mol. The molecule has 2 atom stereocenters. The van der Waals surface area contributed by atoms with Crippen molar-refractivity contribution in [1.82, 2.24) is 15.1 Å². The lowest BCUT2D eigenvalue weighted by molar-refractivity contribution is -0.143. The molecule has 3 aromatic rings. The summed E-state index contributed by atoms with van der Waals surface area (Å²) in [5.41, 5.74) is 2.71. The van der Waals surface area contributed by atoms with Crippen LogP contribution in [0.2, 0.25) is 0 Å². The fourth-order valence-electron chi connectivity index (χ4n) is 5.05. The summed E-state index contributed by atoms with van der Waals surface area (Å²) in [5, 5.41) is 2.95. The van der Waals surface area contributed by atoms with Crippen LogP contribution in [0, 0.1) is 0 Å². The van der Waals surface area contributed by atoms with Gasteiger partial charge in [-0.1, -0.05) is 84.9 Å². The van der Waals surface area contributed by atoms with Crippen LogP contribution in [0.4, 0.5) is 4.79 Å². The highest BCUT2D eigenvalue weighted by Crippen LogP contribution is 2.34. The number of fused-ring (bicyclic) bond motifs is 1. The Hall–Kier alpha value is -3.93. The Kier molecular flexibility index (Phi) is 5.65. The number of carbonyl (C=O) groups excluding carboxylic acids is 3. The van der Waals surface area contributed by atoms with Crippen molar-refractivity contribution in [2.45, 2.75) is 37.9 Å². The molecule has 2 unspecified atom stereocenters. The number of nitrogens with zero attached hydrogens (tertiary/aromatic N) is 2. The Labute approximate surface area is 199 Å². The molecule has 6 nitrogen and oxygen atoms in total. The van der Waals surface area contributed by atoms with Gasteiger partial charge in [-0.15, -0.1) is 0 Å². The number of rotatable bonds is 5. The van der Waals surface area contributed by atoms with Gasteiger partial charge in [0.25, 0.3) is 5.91 Å². The summed E-state index contributed by atoms with van der Waals surface area (Å²) < 4.78 is 0. The maximum Gasteiger partial charge on any atom is 0.326 e. The summed E-state index contributed by atoms with van der Waals surface area (Å²) in [7, 11) is 0. The fourth-order valence-corrected chi connectivity index (χ4v) is 5.05. The van der Waals surface area contributed by atoms with E-state index in [2.05, 4.69) is 11.4 Å². The predicted octanol–water partition coefficient (Wildman–Crippen LogP) is 3.65. The van der Waals surface area contributed by atoms with E-state index in [1.165, 1.54) is 5.56 Å². The van der Waals surface area contributed by atoms with E-state index < -0.39 is 23.5 Å². The van der Waals surface area contributed by atoms with Crippen LogP contribution < -0.4 is 5.32 Å². The third-order valence-electron chi connectivity index (χ3n) is 6.89. The summed E-state index contributed by atoms with van der Waals surface area (Å²) in [4.78, 5) is 43.5. The number of nitrogens with one attached hydrogen (secondary N) is 1. The third-order valence-corrected chi connectivity index (χ3v) is 6.89. The Balaban J connectivity index is 1.44. The molecule has 0 spiro atoms. The van der Waals surface area contributed by atoms with Crippen LogP contribution in [-0.4, -0.2) is 40.2 Å². The minimum absolute atomic E-state index is 0.221. The molecule has 0 bridgehead atoms. The highest BCUT2D eigenvalue weighted by Gasteiger charge is 2.55. The second-order valence-electron chi connectivity index (χ2n) is 8.99. The number of amides is 4. The smallest absolute Gasteiger partial charge is 0.326 e. The van der Waals surface area contributed by atoms with Gasteiger partial charge < -0.3 is 10.2 Å². The maximum atomic E-state index is 13.9. The molecule has 3 aromatic carbocycles. The third kappa shape index (κ3) is 3.75. The zero-order valence-electron chi connectivity index (χ0n) is 19.1. The van der Waals surface area contributed by atoms with Crippen molar-refractivity contribution in [3.8, 4) is 0 Å². The number of benzene rings is 3. The number of urea groups is 1. The highest BCUT2D eigenvalue weighted by atomic mass is 16.2. The Morgan fingerprint density at radius 3 is 2.24 bits per heavy atom. The first kappa shape index (κ1) is 21.9. The summed E-state index contributed by atoms with van der Waals surface area (Å²) in [6, 6.07) is 25.5. The molecule has 0 aromatic heterocycles. The molecule has 4 amide bonds. The van der Waals surface area contributed by atoms with E-state index >= 15 is 0 Å². The van der Waals surface area contributed by atoms with E-state index in [9.17, 15) is 14.4 Å². The number of hydrogen-bond donors (Lipinski definition) is 1. The quantitative estimate of drug-likeness (QED) is 0.600. The van der Waals surface area contributed by atoms with E-state index in [1.54, 1.807) is 11.8 Å². The Bertz CT molecular complexity index is 1230. The molecule has 1 N–H and O–H groups in total. The van der Waals surface area contributed by atoms with Crippen LogP contribution in [0.15, 0.2) is 84.9 Å². The lowest BCUT2D eigenvalue weighted by atomic mass is 9.83.